The smallest absolute Gasteiger partial charge is 0.408 e. The van der Waals surface area contributed by atoms with Crippen LogP contribution in [0.15, 0.2) is 273 Å². The van der Waals surface area contributed by atoms with Gasteiger partial charge in [0, 0.05) is 12.8 Å². The van der Waals surface area contributed by atoms with Crippen molar-refractivity contribution in [1.82, 2.24) is 26.6 Å². The van der Waals surface area contributed by atoms with Gasteiger partial charge >= 0.3 is 42.7 Å². The lowest BCUT2D eigenvalue weighted by Crippen LogP contribution is -2.47. The summed E-state index contributed by atoms with van der Waals surface area (Å²) in [5.41, 5.74) is 15.1. The van der Waals surface area contributed by atoms with Crippen molar-refractivity contribution < 1.29 is 106 Å². The number of carboxylic acid groups (broad SMARTS) is 1. The minimum atomic E-state index is -1.12. The van der Waals surface area contributed by atoms with E-state index in [1.54, 1.807) is 140 Å². The van der Waals surface area contributed by atoms with Crippen molar-refractivity contribution in [3.05, 3.63) is 334 Å². The molecule has 0 spiro atoms. The molecule has 0 saturated heterocycles. The molecule has 140 heavy (non-hydrogen) atoms. The molecule has 28 nitrogen and oxygen atoms in total. The van der Waals surface area contributed by atoms with Gasteiger partial charge in [-0.15, -0.1) is 34.8 Å². The highest BCUT2D eigenvalue weighted by molar-refractivity contribution is 6.28. The number of benzene rings is 10. The maximum absolute atomic E-state index is 12.2. The minimum absolute atomic E-state index is 0.0126. The first-order valence-electron chi connectivity index (χ1n) is 45.6. The average Bonchev–Trinajstić information content (AvgIpc) is 0.882. The van der Waals surface area contributed by atoms with E-state index in [4.69, 9.17) is 87.7 Å². The third kappa shape index (κ3) is 49.7. The summed E-state index contributed by atoms with van der Waals surface area (Å²) in [4.78, 5) is 98.4. The normalized spacial score (nSPS) is 12.6. The quantitative estimate of drug-likeness (QED) is 0.00583. The van der Waals surface area contributed by atoms with Gasteiger partial charge in [0.05, 0.1) is 48.0 Å². The summed E-state index contributed by atoms with van der Waals surface area (Å²) in [5, 5.41) is 42.6. The Labute approximate surface area is 836 Å². The maximum Gasteiger partial charge on any atom is 0.408 e. The van der Waals surface area contributed by atoms with Gasteiger partial charge in [-0.25, -0.2) is 28.8 Å². The molecular weight excluding hydrogens is 1850 g/mol. The fourth-order valence-electron chi connectivity index (χ4n) is 12.5. The highest BCUT2D eigenvalue weighted by Crippen LogP contribution is 2.25. The second-order valence-electron chi connectivity index (χ2n) is 37.2. The largest absolute Gasteiger partial charge is 0.489 e. The zero-order valence-corrected chi connectivity index (χ0v) is 84.3. The molecule has 31 heteroatoms. The molecule has 0 radical (unpaired) electrons. The predicted molar refractivity (Wildman–Crippen MR) is 542 cm³/mol. The summed E-state index contributed by atoms with van der Waals surface area (Å²) in [6.07, 6.45) is -2.75. The number of hydrogen-bond donors (Lipinski definition) is 8. The number of ether oxygens (including phenoxy) is 10. The van der Waals surface area contributed by atoms with Crippen LogP contribution in [0.3, 0.4) is 0 Å². The lowest BCUT2D eigenvalue weighted by Gasteiger charge is -2.26. The molecule has 10 aromatic carbocycles. The molecule has 750 valence electrons. The zero-order valence-electron chi connectivity index (χ0n) is 82.0. The molecule has 7 atom stereocenters. The van der Waals surface area contributed by atoms with E-state index in [0.29, 0.717) is 63.8 Å². The molecule has 10 rings (SSSR count). The number of nitrogens with zero attached hydrogens (tertiary/aromatic N) is 2. The number of aliphatic hydroxyl groups excluding tert-OH is 2. The van der Waals surface area contributed by atoms with Gasteiger partial charge in [0.15, 0.2) is 5.78 Å². The molecule has 0 heterocycles. The number of carbonyl (C=O) groups is 8. The van der Waals surface area contributed by atoms with Crippen molar-refractivity contribution in [2.75, 3.05) is 17.6 Å². The predicted octanol–water partition coefficient (Wildman–Crippen LogP) is 20.5. The number of alkyl halides is 3. The van der Waals surface area contributed by atoms with Crippen LogP contribution >= 0.6 is 34.8 Å². The number of carboxylic acids is 1. The third-order valence-corrected chi connectivity index (χ3v) is 20.1. The first-order chi connectivity index (χ1) is 66.3. The fraction of sp³-hybridized carbons (Fsp3) is 0.367. The fourth-order valence-corrected chi connectivity index (χ4v) is 13.1. The Morgan fingerprint density at radius 2 is 0.507 bits per heavy atom. The van der Waals surface area contributed by atoms with Crippen LogP contribution in [0.2, 0.25) is 0 Å². The Morgan fingerprint density at radius 3 is 0.721 bits per heavy atom. The summed E-state index contributed by atoms with van der Waals surface area (Å²) in [7, 11) is 0. The van der Waals surface area contributed by atoms with Gasteiger partial charge < -0.3 is 94.8 Å². The number of carbonyl (C=O) groups excluding carboxylic acids is 7. The first kappa shape index (κ1) is 115. The summed E-state index contributed by atoms with van der Waals surface area (Å²) >= 11 is 17.3. The Kier molecular flexibility index (Phi) is 48.6. The standard InChI is InChI=1S/2C22H28ClNO4.C22H26ClNO4.C22H25N3O4.C21H25NO5/c3*1-22(2,3)28-21(26)24-19(20(25)14-23)13-16-9-11-18(12-10-16)27-15-17-7-5-4-6-8-17;1-22(2,3)29-21(27)25-19(20(26)14-24-23)13-16-9-11-18(12-10-16)28-15-17-7-5-4-6-8-17;1-21(2,3)27-20(25)22-18(19(23)24)13-15-9-11-17(12-10-15)26-14-16-7-5-4-6-8-16/h2*4-12,19-20,25H,13-15H2,1-3H3,(H,24,26);4-12,19H,13-15H2,1-3H3,(H,24,26);4-12,14,19H,13,15H2,1-3H3,(H,25,27);4-12,18H,13-14H2,1-3H3,(H,22,25)(H,23,24)/t19-,20+;19-,20-;2*19-;18-/m00000/s1. The number of aliphatic hydroxyl groups is 2. The van der Waals surface area contributed by atoms with Gasteiger partial charge in [-0.1, -0.05) is 212 Å². The van der Waals surface area contributed by atoms with Gasteiger partial charge in [-0.05, 0) is 239 Å². The van der Waals surface area contributed by atoms with E-state index in [2.05, 4.69) is 31.4 Å². The van der Waals surface area contributed by atoms with Crippen LogP contribution in [-0.4, -0.2) is 162 Å². The topological polar surface area (TPSA) is 386 Å². The monoisotopic (exact) mass is 1980 g/mol. The van der Waals surface area contributed by atoms with Gasteiger partial charge in [-0.3, -0.25) is 9.59 Å². The number of amides is 5. The molecule has 0 fully saturated rings. The number of aliphatic carboxylic acids is 1. The van der Waals surface area contributed by atoms with Crippen molar-refractivity contribution in [1.29, 1.82) is 0 Å². The Morgan fingerprint density at radius 1 is 0.300 bits per heavy atom. The second-order valence-corrected chi connectivity index (χ2v) is 38.1. The molecule has 0 aliphatic rings. The van der Waals surface area contributed by atoms with E-state index in [1.165, 1.54) is 0 Å². The minimum Gasteiger partial charge on any atom is -0.489 e. The molecule has 0 saturated carbocycles. The summed E-state index contributed by atoms with van der Waals surface area (Å²) < 4.78 is 54.9. The average molecular weight is 1980 g/mol. The van der Waals surface area contributed by atoms with Crippen LogP contribution in [0.25, 0.3) is 5.53 Å². The van der Waals surface area contributed by atoms with E-state index in [-0.39, 0.29) is 36.3 Å². The van der Waals surface area contributed by atoms with Crippen molar-refractivity contribution in [3.8, 4) is 28.7 Å². The van der Waals surface area contributed by atoms with E-state index in [9.17, 15) is 53.7 Å². The van der Waals surface area contributed by atoms with E-state index >= 15 is 0 Å². The lowest BCUT2D eigenvalue weighted by molar-refractivity contribution is -0.139. The van der Waals surface area contributed by atoms with E-state index in [0.717, 1.165) is 79.1 Å². The van der Waals surface area contributed by atoms with Gasteiger partial charge in [0.25, 0.3) is 5.78 Å². The van der Waals surface area contributed by atoms with Gasteiger partial charge in [-0.2, -0.15) is 4.79 Å². The highest BCUT2D eigenvalue weighted by Gasteiger charge is 2.31. The Balaban J connectivity index is 0.000000268. The van der Waals surface area contributed by atoms with Gasteiger partial charge in [0.1, 0.15) is 102 Å². The van der Waals surface area contributed by atoms with Gasteiger partial charge in [0.2, 0.25) is 0 Å². The Hall–Kier alpha value is -13.5. The molecule has 0 unspecified atom stereocenters. The molecular formula is C109H132Cl3N7O21. The van der Waals surface area contributed by atoms with Crippen molar-refractivity contribution in [2.45, 2.75) is 239 Å². The summed E-state index contributed by atoms with van der Waals surface area (Å²) in [5.74, 6) is 1.53. The lowest BCUT2D eigenvalue weighted by atomic mass is 10.0. The summed E-state index contributed by atoms with van der Waals surface area (Å²) in [6, 6.07) is 82.4. The number of alkyl carbamates (subject to hydrolysis) is 5. The zero-order chi connectivity index (χ0) is 103. The summed E-state index contributed by atoms with van der Waals surface area (Å²) in [6.45, 7) is 28.7. The number of nitrogens with one attached hydrogen (secondary N) is 5. The number of halogens is 3. The third-order valence-electron chi connectivity index (χ3n) is 19.2. The van der Waals surface area contributed by atoms with E-state index < -0.39 is 113 Å². The van der Waals surface area contributed by atoms with Crippen molar-refractivity contribution in [3.63, 3.8) is 0 Å². The van der Waals surface area contributed by atoms with Crippen LogP contribution in [0.1, 0.15) is 159 Å². The van der Waals surface area contributed by atoms with Crippen molar-refractivity contribution >= 4 is 89.0 Å². The first-order valence-corrected chi connectivity index (χ1v) is 47.2. The Bertz CT molecular complexity index is 5280. The molecule has 0 aromatic heterocycles. The van der Waals surface area contributed by atoms with E-state index in [1.807, 2.05) is 237 Å². The number of Topliss-reactive ketones (excluding diaryl/α,β-unsaturated/α-hetero) is 2. The second kappa shape index (κ2) is 59.1. The van der Waals surface area contributed by atoms with Crippen molar-refractivity contribution in [2.24, 2.45) is 0 Å². The number of hydrogen-bond acceptors (Lipinski definition) is 20. The molecule has 5 amide bonds. The SMILES string of the molecule is CC(C)(C)OC(=O)N[C@@H](Cc1ccc(OCc2ccccc2)cc1)C(=O)C=[N+]=[N-].CC(C)(C)OC(=O)N[C@@H](Cc1ccc(OCc2ccccc2)cc1)C(=O)CCl.CC(C)(C)OC(=O)N[C@@H](Cc1ccc(OCc2ccccc2)cc1)C(=O)O.CC(C)(C)OC(=O)N[C@@H](Cc1ccc(OCc2ccccc2)cc1)[C@@H](O)CCl.CC(C)(C)OC(=O)N[C@@H](Cc1ccc(OCc2ccccc2)cc1)[C@H](O)CCl. The molecule has 0 aliphatic heterocycles. The molecule has 0 bridgehead atoms. The van der Waals surface area contributed by atoms with Crippen LogP contribution in [0.5, 0.6) is 28.7 Å². The molecule has 10 aromatic rings. The number of rotatable bonds is 39. The molecule has 0 aliphatic carbocycles. The van der Waals surface area contributed by atoms with Crippen LogP contribution in [-0.2, 0) is 103 Å². The van der Waals surface area contributed by atoms with Crippen LogP contribution in [0.4, 0.5) is 24.0 Å². The van der Waals surface area contributed by atoms with Crippen LogP contribution in [0, 0.1) is 0 Å². The van der Waals surface area contributed by atoms with Crippen LogP contribution < -0.4 is 50.3 Å². The molecule has 8 N–H and O–H groups in total. The highest BCUT2D eigenvalue weighted by atomic mass is 35.5. The maximum atomic E-state index is 12.2. The number of ketones is 2.